The Labute approximate surface area is 64.0 Å². The highest BCUT2D eigenvalue weighted by molar-refractivity contribution is 6.35. The van der Waals surface area contributed by atoms with Gasteiger partial charge in [0.15, 0.2) is 11.6 Å². The average Bonchev–Trinajstić information content (AvgIpc) is 2.07. The Balaban J connectivity index is 3.20. The van der Waals surface area contributed by atoms with Crippen molar-refractivity contribution in [2.45, 2.75) is 13.8 Å². The van der Waals surface area contributed by atoms with Crippen LogP contribution in [-0.2, 0) is 9.59 Å². The SMILES string of the molecule is CC1=CC(=O)/C(=C(\C)O)C1=O. The molecule has 0 heterocycles. The zero-order valence-electron chi connectivity index (χ0n) is 6.34. The maximum absolute atomic E-state index is 11.1. The summed E-state index contributed by atoms with van der Waals surface area (Å²) in [6, 6.07) is 0. The molecule has 1 rings (SSSR count). The molecule has 0 fully saturated rings. The number of allylic oxidation sites excluding steroid dienone is 4. The van der Waals surface area contributed by atoms with Gasteiger partial charge >= 0.3 is 0 Å². The van der Waals surface area contributed by atoms with Gasteiger partial charge in [-0.3, -0.25) is 9.59 Å². The van der Waals surface area contributed by atoms with E-state index in [9.17, 15) is 9.59 Å². The maximum atomic E-state index is 11.1. The van der Waals surface area contributed by atoms with Crippen LogP contribution in [0.25, 0.3) is 0 Å². The van der Waals surface area contributed by atoms with Crippen LogP contribution in [0.4, 0.5) is 0 Å². The molecule has 0 unspecified atom stereocenters. The van der Waals surface area contributed by atoms with E-state index in [1.165, 1.54) is 13.0 Å². The van der Waals surface area contributed by atoms with E-state index in [2.05, 4.69) is 0 Å². The number of aliphatic hydroxyl groups excluding tert-OH is 1. The smallest absolute Gasteiger partial charge is 0.196 e. The van der Waals surface area contributed by atoms with Crippen molar-refractivity contribution in [3.8, 4) is 0 Å². The molecule has 0 aromatic heterocycles. The Morgan fingerprint density at radius 3 is 2.18 bits per heavy atom. The fourth-order valence-electron chi connectivity index (χ4n) is 0.986. The van der Waals surface area contributed by atoms with Gasteiger partial charge in [-0.25, -0.2) is 0 Å². The van der Waals surface area contributed by atoms with Crippen LogP contribution in [-0.4, -0.2) is 16.7 Å². The van der Waals surface area contributed by atoms with Crippen LogP contribution in [0.3, 0.4) is 0 Å². The third-order valence-electron chi connectivity index (χ3n) is 1.54. The Morgan fingerprint density at radius 1 is 1.45 bits per heavy atom. The standard InChI is InChI=1S/C8H8O3/c1-4-3-6(10)7(5(2)9)8(4)11/h3,9H,1-2H3/b7-5-. The molecule has 3 nitrogen and oxygen atoms in total. The molecule has 0 saturated carbocycles. The van der Waals surface area contributed by atoms with Crippen LogP contribution in [0.15, 0.2) is 23.0 Å². The van der Waals surface area contributed by atoms with Gasteiger partial charge in [0.1, 0.15) is 11.3 Å². The predicted octanol–water partition coefficient (Wildman–Crippen LogP) is 0.917. The van der Waals surface area contributed by atoms with Crippen LogP contribution in [0.5, 0.6) is 0 Å². The maximum Gasteiger partial charge on any atom is 0.196 e. The van der Waals surface area contributed by atoms with E-state index >= 15 is 0 Å². The molecule has 0 spiro atoms. The molecule has 0 radical (unpaired) electrons. The summed E-state index contributed by atoms with van der Waals surface area (Å²) in [4.78, 5) is 22.0. The average molecular weight is 152 g/mol. The molecule has 0 atom stereocenters. The number of Topliss-reactive ketones (excluding diaryl/α,β-unsaturated/α-hetero) is 1. The minimum Gasteiger partial charge on any atom is -0.512 e. The molecule has 0 amide bonds. The van der Waals surface area contributed by atoms with Gasteiger partial charge in [0.05, 0.1) is 0 Å². The van der Waals surface area contributed by atoms with Crippen molar-refractivity contribution in [3.63, 3.8) is 0 Å². The summed E-state index contributed by atoms with van der Waals surface area (Å²) in [5, 5.41) is 8.92. The molecular formula is C8H8O3. The minimum absolute atomic E-state index is 0.0949. The molecular weight excluding hydrogens is 144 g/mol. The largest absolute Gasteiger partial charge is 0.512 e. The summed E-state index contributed by atoms with van der Waals surface area (Å²) in [5.41, 5.74) is 0.293. The monoisotopic (exact) mass is 152 g/mol. The fourth-order valence-corrected chi connectivity index (χ4v) is 0.986. The van der Waals surface area contributed by atoms with Crippen molar-refractivity contribution in [2.75, 3.05) is 0 Å². The molecule has 0 aromatic carbocycles. The van der Waals surface area contributed by atoms with E-state index in [4.69, 9.17) is 5.11 Å². The molecule has 58 valence electrons. The van der Waals surface area contributed by atoms with Crippen molar-refractivity contribution >= 4 is 11.6 Å². The Bertz CT molecular complexity index is 290. The molecule has 1 aliphatic carbocycles. The van der Waals surface area contributed by atoms with E-state index in [0.29, 0.717) is 5.57 Å². The molecule has 0 bridgehead atoms. The first-order chi connectivity index (χ1) is 5.04. The van der Waals surface area contributed by atoms with E-state index in [-0.39, 0.29) is 17.1 Å². The predicted molar refractivity (Wildman–Crippen MR) is 39.1 cm³/mol. The van der Waals surface area contributed by atoms with Crippen LogP contribution in [0, 0.1) is 0 Å². The number of hydrogen-bond donors (Lipinski definition) is 1. The molecule has 1 aliphatic rings. The van der Waals surface area contributed by atoms with Crippen molar-refractivity contribution in [1.82, 2.24) is 0 Å². The van der Waals surface area contributed by atoms with Crippen molar-refractivity contribution in [3.05, 3.63) is 23.0 Å². The highest BCUT2D eigenvalue weighted by Crippen LogP contribution is 2.18. The Morgan fingerprint density at radius 2 is 2.00 bits per heavy atom. The number of ketones is 2. The van der Waals surface area contributed by atoms with Gasteiger partial charge in [-0.05, 0) is 19.9 Å². The van der Waals surface area contributed by atoms with Crippen LogP contribution in [0.1, 0.15) is 13.8 Å². The van der Waals surface area contributed by atoms with Gasteiger partial charge in [0.2, 0.25) is 0 Å². The lowest BCUT2D eigenvalue weighted by atomic mass is 10.1. The molecule has 11 heavy (non-hydrogen) atoms. The van der Waals surface area contributed by atoms with Crippen LogP contribution in [0.2, 0.25) is 0 Å². The first-order valence-corrected chi connectivity index (χ1v) is 3.21. The zero-order chi connectivity index (χ0) is 8.59. The van der Waals surface area contributed by atoms with Crippen molar-refractivity contribution in [1.29, 1.82) is 0 Å². The normalized spacial score (nSPS) is 22.2. The van der Waals surface area contributed by atoms with Gasteiger partial charge in [-0.2, -0.15) is 0 Å². The van der Waals surface area contributed by atoms with Gasteiger partial charge < -0.3 is 5.11 Å². The number of aliphatic hydroxyl groups is 1. The van der Waals surface area contributed by atoms with E-state index in [1.807, 2.05) is 0 Å². The summed E-state index contributed by atoms with van der Waals surface area (Å²) < 4.78 is 0. The highest BCUT2D eigenvalue weighted by atomic mass is 16.3. The van der Waals surface area contributed by atoms with E-state index < -0.39 is 5.78 Å². The summed E-state index contributed by atoms with van der Waals surface area (Å²) >= 11 is 0. The lowest BCUT2D eigenvalue weighted by Gasteiger charge is -1.94. The topological polar surface area (TPSA) is 54.4 Å². The van der Waals surface area contributed by atoms with Gasteiger partial charge in [0, 0.05) is 5.57 Å². The second kappa shape index (κ2) is 2.34. The highest BCUT2D eigenvalue weighted by Gasteiger charge is 2.27. The second-order valence-electron chi connectivity index (χ2n) is 2.48. The van der Waals surface area contributed by atoms with Gasteiger partial charge in [-0.15, -0.1) is 0 Å². The van der Waals surface area contributed by atoms with Crippen molar-refractivity contribution < 1.29 is 14.7 Å². The molecule has 1 N–H and O–H groups in total. The molecule has 0 saturated heterocycles. The first kappa shape index (κ1) is 7.72. The summed E-state index contributed by atoms with van der Waals surface area (Å²) in [5.74, 6) is -0.962. The van der Waals surface area contributed by atoms with E-state index in [0.717, 1.165) is 0 Å². The number of carbonyl (C=O) groups is 2. The number of carbonyl (C=O) groups excluding carboxylic acids is 2. The summed E-state index contributed by atoms with van der Waals surface area (Å²) in [7, 11) is 0. The van der Waals surface area contributed by atoms with E-state index in [1.54, 1.807) is 6.92 Å². The minimum atomic E-state index is -0.396. The molecule has 0 aliphatic heterocycles. The summed E-state index contributed by atoms with van der Waals surface area (Å²) in [6.07, 6.45) is 1.23. The lowest BCUT2D eigenvalue weighted by molar-refractivity contribution is -0.115. The van der Waals surface area contributed by atoms with Crippen LogP contribution >= 0.6 is 0 Å². The molecule has 3 heteroatoms. The first-order valence-electron chi connectivity index (χ1n) is 3.21. The van der Waals surface area contributed by atoms with Gasteiger partial charge in [-0.1, -0.05) is 0 Å². The molecule has 0 aromatic rings. The third kappa shape index (κ3) is 1.09. The second-order valence-corrected chi connectivity index (χ2v) is 2.48. The van der Waals surface area contributed by atoms with Crippen LogP contribution < -0.4 is 0 Å². The zero-order valence-corrected chi connectivity index (χ0v) is 6.34. The lowest BCUT2D eigenvalue weighted by Crippen LogP contribution is -2.05. The van der Waals surface area contributed by atoms with Gasteiger partial charge in [0.25, 0.3) is 0 Å². The van der Waals surface area contributed by atoms with Crippen molar-refractivity contribution in [2.24, 2.45) is 0 Å². The fraction of sp³-hybridized carbons (Fsp3) is 0.250. The third-order valence-corrected chi connectivity index (χ3v) is 1.54. The Kier molecular flexibility index (Phi) is 1.64. The number of hydrogen-bond acceptors (Lipinski definition) is 3. The number of rotatable bonds is 0. The quantitative estimate of drug-likeness (QED) is 0.319. The Hall–Kier alpha value is -1.38. The summed E-state index contributed by atoms with van der Waals surface area (Å²) in [6.45, 7) is 2.88.